The van der Waals surface area contributed by atoms with Crippen LogP contribution in [-0.4, -0.2) is 37.9 Å². The first-order valence-electron chi connectivity index (χ1n) is 7.75. The fraction of sp³-hybridized carbons (Fsp3) is 0.438. The number of aromatic nitrogens is 2. The summed E-state index contributed by atoms with van der Waals surface area (Å²) >= 11 is 1.01. The Balaban J connectivity index is 2.00. The number of hydrogen-bond acceptors (Lipinski definition) is 6. The monoisotopic (exact) mass is 367 g/mol. The average molecular weight is 367 g/mol. The molecule has 0 aliphatic carbocycles. The minimum atomic E-state index is -1.21. The standard InChI is InChI=1S/C16H21N3O3S2/c1-4-10-24(21)15-17-16(23-18-15)22-11-14(20)19(12(2)3)13-8-6-5-7-9-13/h5-9,12H,4,10-11H2,1-3H3. The summed E-state index contributed by atoms with van der Waals surface area (Å²) in [5.74, 6) is 0.354. The quantitative estimate of drug-likeness (QED) is 0.717. The summed E-state index contributed by atoms with van der Waals surface area (Å²) in [6.07, 6.45) is 0.793. The van der Waals surface area contributed by atoms with Gasteiger partial charge in [0.2, 0.25) is 5.16 Å². The van der Waals surface area contributed by atoms with Gasteiger partial charge in [-0.05, 0) is 32.4 Å². The van der Waals surface area contributed by atoms with Gasteiger partial charge in [-0.1, -0.05) is 25.1 Å². The zero-order chi connectivity index (χ0) is 17.5. The summed E-state index contributed by atoms with van der Waals surface area (Å²) in [7, 11) is -1.21. The van der Waals surface area contributed by atoms with Crippen molar-refractivity contribution in [2.75, 3.05) is 17.3 Å². The zero-order valence-electron chi connectivity index (χ0n) is 14.0. The van der Waals surface area contributed by atoms with Crippen molar-refractivity contribution in [2.24, 2.45) is 0 Å². The molecular weight excluding hydrogens is 346 g/mol. The molecule has 24 heavy (non-hydrogen) atoms. The molecular formula is C16H21N3O3S2. The number of anilines is 1. The molecule has 0 bridgehead atoms. The summed E-state index contributed by atoms with van der Waals surface area (Å²) in [5.41, 5.74) is 0.822. The van der Waals surface area contributed by atoms with Crippen molar-refractivity contribution in [3.05, 3.63) is 30.3 Å². The van der Waals surface area contributed by atoms with Crippen LogP contribution in [0.2, 0.25) is 0 Å². The minimum Gasteiger partial charge on any atom is -0.459 e. The number of amides is 1. The average Bonchev–Trinajstić information content (AvgIpc) is 3.03. The number of para-hydroxylation sites is 1. The second-order valence-corrected chi connectivity index (χ2v) is 7.55. The Morgan fingerprint density at radius 3 is 2.67 bits per heavy atom. The van der Waals surface area contributed by atoms with Crippen LogP contribution in [0.25, 0.3) is 0 Å². The van der Waals surface area contributed by atoms with Crippen molar-refractivity contribution in [3.63, 3.8) is 0 Å². The summed E-state index contributed by atoms with van der Waals surface area (Å²) < 4.78 is 21.3. The van der Waals surface area contributed by atoms with E-state index in [0.717, 1.165) is 23.6 Å². The smallest absolute Gasteiger partial charge is 0.294 e. The fourth-order valence-corrected chi connectivity index (χ4v) is 3.81. The highest BCUT2D eigenvalue weighted by molar-refractivity contribution is 7.84. The van der Waals surface area contributed by atoms with E-state index in [2.05, 4.69) is 9.36 Å². The van der Waals surface area contributed by atoms with Crippen LogP contribution in [-0.2, 0) is 15.6 Å². The van der Waals surface area contributed by atoms with Crippen LogP contribution in [0.5, 0.6) is 5.19 Å². The van der Waals surface area contributed by atoms with Gasteiger partial charge in [-0.15, -0.1) is 0 Å². The first-order valence-corrected chi connectivity index (χ1v) is 9.84. The van der Waals surface area contributed by atoms with Gasteiger partial charge in [0.25, 0.3) is 11.1 Å². The normalized spacial score (nSPS) is 12.2. The van der Waals surface area contributed by atoms with Crippen molar-refractivity contribution < 1.29 is 13.7 Å². The summed E-state index contributed by atoms with van der Waals surface area (Å²) in [4.78, 5) is 18.3. The first-order chi connectivity index (χ1) is 11.5. The molecule has 1 aromatic heterocycles. The molecule has 6 nitrogen and oxygen atoms in total. The highest BCUT2D eigenvalue weighted by Crippen LogP contribution is 2.19. The number of nitrogens with zero attached hydrogens (tertiary/aromatic N) is 3. The van der Waals surface area contributed by atoms with E-state index in [1.54, 1.807) is 4.90 Å². The number of hydrogen-bond donors (Lipinski definition) is 0. The van der Waals surface area contributed by atoms with Crippen LogP contribution in [0.3, 0.4) is 0 Å². The van der Waals surface area contributed by atoms with Crippen LogP contribution in [0, 0.1) is 0 Å². The molecule has 0 saturated carbocycles. The van der Waals surface area contributed by atoms with Crippen molar-refractivity contribution in [1.29, 1.82) is 0 Å². The fourth-order valence-electron chi connectivity index (χ4n) is 2.14. The lowest BCUT2D eigenvalue weighted by Crippen LogP contribution is -2.40. The Labute approximate surface area is 148 Å². The molecule has 0 aliphatic heterocycles. The Hall–Kier alpha value is -1.80. The predicted molar refractivity (Wildman–Crippen MR) is 96.0 cm³/mol. The van der Waals surface area contributed by atoms with Gasteiger partial charge in [0, 0.05) is 29.0 Å². The molecule has 0 aliphatic rings. The van der Waals surface area contributed by atoms with Crippen LogP contribution in [0.1, 0.15) is 27.2 Å². The lowest BCUT2D eigenvalue weighted by Gasteiger charge is -2.26. The number of ether oxygens (including phenoxy) is 1. The SMILES string of the molecule is CCCS(=O)c1nsc(OCC(=O)N(c2ccccc2)C(C)C)n1. The maximum Gasteiger partial charge on any atom is 0.294 e. The number of benzene rings is 1. The minimum absolute atomic E-state index is 0.00513. The molecule has 0 N–H and O–H groups in total. The van der Waals surface area contributed by atoms with Gasteiger partial charge >= 0.3 is 0 Å². The predicted octanol–water partition coefficient (Wildman–Crippen LogP) is 2.88. The molecule has 8 heteroatoms. The Morgan fingerprint density at radius 1 is 1.33 bits per heavy atom. The van der Waals surface area contributed by atoms with Gasteiger partial charge in [-0.25, -0.2) is 0 Å². The van der Waals surface area contributed by atoms with Crippen molar-refractivity contribution in [1.82, 2.24) is 9.36 Å². The van der Waals surface area contributed by atoms with Gasteiger partial charge < -0.3 is 9.64 Å². The number of carbonyl (C=O) groups excluding carboxylic acids is 1. The van der Waals surface area contributed by atoms with Crippen LogP contribution < -0.4 is 9.64 Å². The lowest BCUT2D eigenvalue weighted by atomic mass is 10.2. The lowest BCUT2D eigenvalue weighted by molar-refractivity contribution is -0.120. The van der Waals surface area contributed by atoms with E-state index in [1.807, 2.05) is 51.1 Å². The Morgan fingerprint density at radius 2 is 2.04 bits per heavy atom. The third kappa shape index (κ3) is 4.85. The molecule has 2 aromatic rings. The maximum atomic E-state index is 12.5. The highest BCUT2D eigenvalue weighted by atomic mass is 32.2. The second kappa shape index (κ2) is 8.89. The third-order valence-electron chi connectivity index (χ3n) is 3.12. The van der Waals surface area contributed by atoms with E-state index in [-0.39, 0.29) is 28.9 Å². The summed E-state index contributed by atoms with van der Waals surface area (Å²) in [5, 5.41) is 0.535. The van der Waals surface area contributed by atoms with Gasteiger partial charge in [-0.2, -0.15) is 9.36 Å². The molecule has 1 unspecified atom stereocenters. The molecule has 0 saturated heterocycles. The van der Waals surface area contributed by atoms with E-state index in [4.69, 9.17) is 4.74 Å². The van der Waals surface area contributed by atoms with Gasteiger partial charge in [0.1, 0.15) is 0 Å². The Bertz CT molecular complexity index is 689. The summed E-state index contributed by atoms with van der Waals surface area (Å²) in [6, 6.07) is 9.45. The number of carbonyl (C=O) groups is 1. The topological polar surface area (TPSA) is 72.4 Å². The van der Waals surface area contributed by atoms with Crippen LogP contribution in [0.15, 0.2) is 35.5 Å². The zero-order valence-corrected chi connectivity index (χ0v) is 15.6. The van der Waals surface area contributed by atoms with Gasteiger partial charge in [0.15, 0.2) is 6.61 Å². The number of rotatable bonds is 8. The van der Waals surface area contributed by atoms with Gasteiger partial charge in [0.05, 0.1) is 10.8 Å². The van der Waals surface area contributed by atoms with E-state index in [9.17, 15) is 9.00 Å². The van der Waals surface area contributed by atoms with Crippen molar-refractivity contribution in [2.45, 2.75) is 38.4 Å². The molecule has 0 spiro atoms. The van der Waals surface area contributed by atoms with Crippen molar-refractivity contribution in [3.8, 4) is 5.19 Å². The molecule has 0 radical (unpaired) electrons. The Kier molecular flexibility index (Phi) is 6.86. The van der Waals surface area contributed by atoms with E-state index in [1.165, 1.54) is 0 Å². The summed E-state index contributed by atoms with van der Waals surface area (Å²) in [6.45, 7) is 5.70. The highest BCUT2D eigenvalue weighted by Gasteiger charge is 2.20. The van der Waals surface area contributed by atoms with E-state index < -0.39 is 10.8 Å². The maximum absolute atomic E-state index is 12.5. The third-order valence-corrected chi connectivity index (χ3v) is 5.23. The van der Waals surface area contributed by atoms with Crippen LogP contribution >= 0.6 is 11.5 Å². The second-order valence-electron chi connectivity index (χ2n) is 5.37. The molecule has 130 valence electrons. The van der Waals surface area contributed by atoms with Crippen LogP contribution in [0.4, 0.5) is 5.69 Å². The van der Waals surface area contributed by atoms with E-state index >= 15 is 0 Å². The molecule has 1 aromatic carbocycles. The molecule has 1 heterocycles. The molecule has 2 rings (SSSR count). The molecule has 1 amide bonds. The van der Waals surface area contributed by atoms with Crippen molar-refractivity contribution >= 4 is 33.9 Å². The molecule has 1 atom stereocenters. The van der Waals surface area contributed by atoms with Gasteiger partial charge in [-0.3, -0.25) is 9.00 Å². The largest absolute Gasteiger partial charge is 0.459 e. The first kappa shape index (κ1) is 18.5. The van der Waals surface area contributed by atoms with E-state index in [0.29, 0.717) is 5.75 Å². The molecule has 0 fully saturated rings.